The van der Waals surface area contributed by atoms with E-state index < -0.39 is 285 Å². The van der Waals surface area contributed by atoms with E-state index in [-0.39, 0.29) is 83.6 Å². The van der Waals surface area contributed by atoms with Gasteiger partial charge in [-0.1, -0.05) is 78.1 Å². The maximum atomic E-state index is 16.8. The van der Waals surface area contributed by atoms with Gasteiger partial charge in [0.2, 0.25) is 53.2 Å². The average Bonchev–Trinajstić information content (AvgIpc) is 1.66. The number of amides is 12. The summed E-state index contributed by atoms with van der Waals surface area (Å²) in [7, 11) is -1.19. The zero-order chi connectivity index (χ0) is 96.0. The van der Waals surface area contributed by atoms with Gasteiger partial charge in [-0.05, 0) is 93.1 Å². The molecule has 43 heteroatoms. The Bertz CT molecular complexity index is 5140. The first-order valence-electron chi connectivity index (χ1n) is 43.3. The molecule has 5 aliphatic heterocycles. The number of fused-ring (bicyclic) bond motifs is 9. The molecule has 5 aliphatic rings. The number of nitrogens with two attached hydrogens (primary N) is 2. The van der Waals surface area contributed by atoms with Gasteiger partial charge in [-0.15, -0.1) is 0 Å². The normalized spacial score (nSPS) is 22.0. The summed E-state index contributed by atoms with van der Waals surface area (Å²) in [6.07, 6.45) is -8.80. The number of aliphatic hydroxyl groups excluding tert-OH is 3. The highest BCUT2D eigenvalue weighted by Gasteiger charge is 2.63. The van der Waals surface area contributed by atoms with Crippen LogP contribution >= 0.6 is 31.9 Å². The predicted octanol–water partition coefficient (Wildman–Crippen LogP) is 1.50. The van der Waals surface area contributed by atoms with Gasteiger partial charge in [-0.3, -0.25) is 80.9 Å². The number of primary amides is 2. The number of rotatable bonds is 38. The molecule has 131 heavy (non-hydrogen) atoms. The molecule has 1 saturated heterocycles. The molecule has 712 valence electrons. The molecule has 15 atom stereocenters. The smallest absolute Gasteiger partial charge is 0.409 e. The molecule has 7 heterocycles. The third-order valence-corrected chi connectivity index (χ3v) is 26.2. The van der Waals surface area contributed by atoms with E-state index in [9.17, 15) is 72.9 Å². The van der Waals surface area contributed by atoms with Gasteiger partial charge in [0, 0.05) is 148 Å². The van der Waals surface area contributed by atoms with E-state index in [0.29, 0.717) is 52.3 Å². The second-order valence-corrected chi connectivity index (χ2v) is 36.4. The van der Waals surface area contributed by atoms with Crippen molar-refractivity contribution in [1.29, 1.82) is 0 Å². The van der Waals surface area contributed by atoms with E-state index >= 15 is 28.2 Å². The molecule has 12 amide bonds. The zero-order valence-electron chi connectivity index (χ0n) is 74.1. The van der Waals surface area contributed by atoms with Crippen molar-refractivity contribution >= 4 is 170 Å². The molecule has 1 fully saturated rings. The zero-order valence-corrected chi connectivity index (χ0v) is 78.1. The minimum absolute atomic E-state index is 0.00811. The number of aromatic amines is 1. The van der Waals surface area contributed by atoms with Crippen molar-refractivity contribution < 1.29 is 120 Å². The van der Waals surface area contributed by atoms with E-state index in [1.165, 1.54) is 84.1 Å². The Balaban J connectivity index is 0.875. The number of halogens is 2. The third kappa shape index (κ3) is 27.4. The van der Waals surface area contributed by atoms with Crippen LogP contribution in [0, 0.1) is 35.5 Å². The Morgan fingerprint density at radius 1 is 0.748 bits per heavy atom. The number of Topliss-reactive ketones (excluding diaryl/α,β-unsaturated/α-hetero) is 5. The lowest BCUT2D eigenvalue weighted by Gasteiger charge is -2.45. The summed E-state index contributed by atoms with van der Waals surface area (Å²) in [6.45, 7) is 6.54. The molecule has 5 aromatic rings. The number of nitrogens with one attached hydrogen (secondary N) is 8. The van der Waals surface area contributed by atoms with Gasteiger partial charge in [0.25, 0.3) is 17.4 Å². The van der Waals surface area contributed by atoms with Gasteiger partial charge >= 0.3 is 6.09 Å². The molecular weight excluding hydrogens is 1860 g/mol. The van der Waals surface area contributed by atoms with E-state index in [1.807, 2.05) is 0 Å². The number of ketones is 5. The highest BCUT2D eigenvalue weighted by molar-refractivity contribution is 9.09. The van der Waals surface area contributed by atoms with Crippen LogP contribution in [0.15, 0.2) is 65.7 Å². The van der Waals surface area contributed by atoms with Gasteiger partial charge in [0.15, 0.2) is 23.1 Å². The fourth-order valence-corrected chi connectivity index (χ4v) is 18.2. The standard InChI is InChI=1S/C88H115Br2N15O25S/c1-9-46(4)77-82(121)94-39-75(116)99-66-44-131(126)83-60-28-52(80(119)93-40-76(117)101-77)31-70(112)78(48(6)71(113)42-106)102-85(123)88(130-58-17-18-59(60)62(36-58)100-83,72-35-57(108)41-105(72)84(122)54(32-69(66)111)34-74(92)115)86(124)104(45(2)3)22-21-103(8)87(125)129-43-50-12-15-55(16-13-50)96-81(120)53(33-73(91)114)30-68(110)49(7)95-79(118)47(5)27-56(107)20-24-128-26-25-127-23-10-11-67(109)51-14-19-61-63(29-51)98-65(38-90)64(37-89)97-61/h12-19,29,36,45-49,52-54,57,66,71-72,77-78,100,106,108,113H,9-11,20-28,30-35,37-44H2,1-8H3,(H2,91,114)(H2,92,115)(H,93,119)(H,94,121)(H,95,118)(H,96,120)(H,99,116)(H,101,117)(H,102,123)/t46-,47+,48-,49-,52-,53-,54-,57+,66-,71-,72-,77-,78-,88?,131?/m0/s1. The van der Waals surface area contributed by atoms with Crippen molar-refractivity contribution in [2.24, 2.45) is 47.0 Å². The fraction of sp³-hybridized carbons (Fsp3) is 0.557. The summed E-state index contributed by atoms with van der Waals surface area (Å²) in [5, 5.41) is 52.9. The van der Waals surface area contributed by atoms with E-state index in [1.54, 1.807) is 32.0 Å². The highest BCUT2D eigenvalue weighted by Crippen LogP contribution is 2.40. The molecule has 2 unspecified atom stereocenters. The molecule has 3 aromatic carbocycles. The van der Waals surface area contributed by atoms with Crippen LogP contribution in [-0.2, 0) is 121 Å². The quantitative estimate of drug-likeness (QED) is 0.0115. The van der Waals surface area contributed by atoms with Crippen molar-refractivity contribution in [1.82, 2.24) is 61.6 Å². The van der Waals surface area contributed by atoms with Crippen LogP contribution in [0.4, 0.5) is 10.5 Å². The number of hydrogen-bond acceptors (Lipinski definition) is 27. The molecule has 0 spiro atoms. The van der Waals surface area contributed by atoms with E-state index in [4.69, 9.17) is 30.4 Å². The second-order valence-electron chi connectivity index (χ2n) is 33.8. The summed E-state index contributed by atoms with van der Waals surface area (Å²) < 4.78 is 39.2. The molecule has 0 saturated carbocycles. The Morgan fingerprint density at radius 2 is 1.42 bits per heavy atom. The lowest BCUT2D eigenvalue weighted by molar-refractivity contribution is -0.169. The molecular formula is C88H115Br2N15O25S. The lowest BCUT2D eigenvalue weighted by Crippen LogP contribution is -2.73. The summed E-state index contributed by atoms with van der Waals surface area (Å²) in [5.41, 5.74) is 12.1. The van der Waals surface area contributed by atoms with Gasteiger partial charge in [-0.25, -0.2) is 14.8 Å². The fourth-order valence-electron chi connectivity index (χ4n) is 15.9. The number of likely N-dealkylation sites (N-methyl/N-ethyl adjacent to an activating group) is 1. The Hall–Kier alpha value is -11.0. The number of hydrogen-bond donors (Lipinski definition) is 13. The van der Waals surface area contributed by atoms with Crippen molar-refractivity contribution in [3.05, 3.63) is 88.7 Å². The first kappa shape index (κ1) is 104. The van der Waals surface area contributed by atoms with Crippen molar-refractivity contribution in [3.63, 3.8) is 0 Å². The summed E-state index contributed by atoms with van der Waals surface area (Å²) >= 11 is 6.86. The van der Waals surface area contributed by atoms with Gasteiger partial charge in [0.1, 0.15) is 29.2 Å². The number of aromatic nitrogens is 3. The SMILES string of the molecule is CC[C@H](C)[C@@H]1NC(=O)CNC(=O)[C@@H]2CC(=O)[C@H]([C@@H](C)[C@@H](O)CO)NC(=O)C3(C(=O)N(CCN(C)C(=O)OCc4ccc(NC(=O)[C@H](CC(N)=O)CC(=O)[C@H](C)NC(=O)[C@H](C)CC(=O)CCOCCOCCCC(=O)c5ccc6nc(CBr)c(CBr)nc6c5)cc4)C(C)C)Oc4ccc5c(c([nH]c5c4)S(=O)C[C@H](NC(=O)CNC1=O)C(=O)C[C@@H](CC(N)=O)C(=O)N1C[C@H](O)C[C@H]13)C2. The van der Waals surface area contributed by atoms with Crippen LogP contribution < -0.4 is 53.4 Å². The largest absolute Gasteiger partial charge is 0.465 e. The average molecular weight is 1970 g/mol. The number of carbonyl (C=O) groups excluding carboxylic acids is 17. The van der Waals surface area contributed by atoms with E-state index in [2.05, 4.69) is 84.0 Å². The van der Waals surface area contributed by atoms with Crippen molar-refractivity contribution in [3.8, 4) is 5.75 Å². The molecule has 2 aromatic heterocycles. The molecule has 0 aliphatic carbocycles. The molecule has 15 N–H and O–H groups in total. The van der Waals surface area contributed by atoms with Gasteiger partial charge < -0.3 is 103 Å². The number of ether oxygens (including phenoxy) is 4. The Morgan fingerprint density at radius 3 is 2.08 bits per heavy atom. The number of alkyl halides is 2. The van der Waals surface area contributed by atoms with Crippen LogP contribution in [0.25, 0.3) is 21.9 Å². The second kappa shape index (κ2) is 47.9. The summed E-state index contributed by atoms with van der Waals surface area (Å²) in [6, 6.07) is 5.64. The topological polar surface area (TPSA) is 592 Å². The van der Waals surface area contributed by atoms with Crippen LogP contribution in [0.2, 0.25) is 0 Å². The number of anilines is 1. The summed E-state index contributed by atoms with van der Waals surface area (Å²) in [4.78, 5) is 258. The van der Waals surface area contributed by atoms with Crippen LogP contribution in [0.1, 0.15) is 152 Å². The number of carbonyl (C=O) groups is 17. The number of nitrogens with zero attached hydrogens (tertiary/aromatic N) is 5. The first-order valence-corrected chi connectivity index (χ1v) is 46.9. The Kier molecular flexibility index (Phi) is 38.0. The third-order valence-electron chi connectivity index (χ3n) is 23.7. The number of aliphatic hydroxyl groups is 3. The Labute approximate surface area is 774 Å². The first-order chi connectivity index (χ1) is 62.2. The molecule has 8 bridgehead atoms. The van der Waals surface area contributed by atoms with Crippen molar-refractivity contribution in [2.75, 3.05) is 83.9 Å². The van der Waals surface area contributed by atoms with Gasteiger partial charge in [-0.2, -0.15) is 0 Å². The monoisotopic (exact) mass is 1970 g/mol. The minimum atomic E-state index is -3.28. The van der Waals surface area contributed by atoms with Gasteiger partial charge in [0.05, 0.1) is 132 Å². The van der Waals surface area contributed by atoms with E-state index in [0.717, 1.165) is 26.1 Å². The minimum Gasteiger partial charge on any atom is -0.465 e. The molecule has 40 nitrogen and oxygen atoms in total. The van der Waals surface area contributed by atoms with Crippen molar-refractivity contribution in [2.45, 2.75) is 202 Å². The van der Waals surface area contributed by atoms with Crippen LogP contribution in [0.3, 0.4) is 0 Å². The molecule has 10 rings (SSSR count). The van der Waals surface area contributed by atoms with Crippen LogP contribution in [-0.4, -0.2) is 282 Å². The maximum Gasteiger partial charge on any atom is 0.409 e. The lowest BCUT2D eigenvalue weighted by atomic mass is 9.83. The predicted molar refractivity (Wildman–Crippen MR) is 479 cm³/mol. The number of benzene rings is 3. The molecule has 0 radical (unpaired) electrons. The number of H-pyrrole nitrogens is 1. The van der Waals surface area contributed by atoms with Crippen LogP contribution in [0.5, 0.6) is 5.75 Å². The maximum absolute atomic E-state index is 16.8. The highest BCUT2D eigenvalue weighted by atomic mass is 79.9. The summed E-state index contributed by atoms with van der Waals surface area (Å²) in [5.74, 6) is -23.2.